The number of hydrogen-bond acceptors (Lipinski definition) is 5. The molecule has 1 amide bonds. The van der Waals surface area contributed by atoms with E-state index in [-0.39, 0.29) is 11.1 Å². The molecule has 0 aliphatic rings. The van der Waals surface area contributed by atoms with Crippen LogP contribution in [0.15, 0.2) is 59.1 Å². The first-order valence-corrected chi connectivity index (χ1v) is 9.38. The predicted molar refractivity (Wildman–Crippen MR) is 110 cm³/mol. The van der Waals surface area contributed by atoms with E-state index >= 15 is 0 Å². The summed E-state index contributed by atoms with van der Waals surface area (Å²) >= 11 is 6.50. The molecule has 7 nitrogen and oxygen atoms in total. The minimum atomic E-state index is -0.348. The van der Waals surface area contributed by atoms with E-state index in [1.165, 1.54) is 0 Å². The van der Waals surface area contributed by atoms with Gasteiger partial charge in [-0.25, -0.2) is 4.68 Å². The molecule has 146 valence electrons. The first-order valence-electron chi connectivity index (χ1n) is 9.01. The van der Waals surface area contributed by atoms with Crippen molar-refractivity contribution in [3.8, 4) is 11.4 Å². The molecule has 0 saturated carbocycles. The molecule has 8 heteroatoms. The number of para-hydroxylation sites is 1. The fourth-order valence-corrected chi connectivity index (χ4v) is 3.37. The van der Waals surface area contributed by atoms with E-state index in [2.05, 4.69) is 20.6 Å². The van der Waals surface area contributed by atoms with Crippen molar-refractivity contribution in [2.45, 2.75) is 20.4 Å². The maximum Gasteiger partial charge on any atom is 0.260 e. The molecule has 0 unspecified atom stereocenters. The van der Waals surface area contributed by atoms with Gasteiger partial charge in [0.25, 0.3) is 5.91 Å². The fraction of sp³-hybridized carbons (Fsp3) is 0.143. The minimum absolute atomic E-state index is 0.289. The number of aryl methyl sites for hydroxylation is 2. The molecule has 4 aromatic rings. The Kier molecular flexibility index (Phi) is 5.14. The van der Waals surface area contributed by atoms with E-state index < -0.39 is 0 Å². The number of hydrogen-bond donors (Lipinski definition) is 1. The smallest absolute Gasteiger partial charge is 0.260 e. The molecule has 0 spiro atoms. The van der Waals surface area contributed by atoms with Crippen molar-refractivity contribution in [2.24, 2.45) is 0 Å². The molecule has 0 saturated heterocycles. The lowest BCUT2D eigenvalue weighted by atomic mass is 10.1. The quantitative estimate of drug-likeness (QED) is 0.526. The summed E-state index contributed by atoms with van der Waals surface area (Å²) in [6.45, 7) is 3.95. The predicted octanol–water partition coefficient (Wildman–Crippen LogP) is 4.50. The molecule has 0 aliphatic heterocycles. The number of nitrogens with zero attached hydrogens (tertiary/aromatic N) is 4. The van der Waals surface area contributed by atoms with Crippen LogP contribution in [0.2, 0.25) is 5.15 Å². The minimum Gasteiger partial charge on any atom is -0.339 e. The van der Waals surface area contributed by atoms with Gasteiger partial charge >= 0.3 is 0 Å². The van der Waals surface area contributed by atoms with Crippen molar-refractivity contribution in [2.75, 3.05) is 5.32 Å². The number of halogens is 1. The molecule has 0 fully saturated rings. The molecule has 1 N–H and O–H groups in total. The molecular formula is C21H18ClN5O2. The third-order valence-electron chi connectivity index (χ3n) is 4.41. The van der Waals surface area contributed by atoms with Crippen molar-refractivity contribution in [1.29, 1.82) is 0 Å². The van der Waals surface area contributed by atoms with E-state index in [1.807, 2.05) is 48.5 Å². The fourth-order valence-electron chi connectivity index (χ4n) is 3.05. The Hall–Kier alpha value is -3.45. The SMILES string of the molecule is Cc1nc(-c2ccccc2NC(=O)c2c(C)nn(Cc3ccccc3)c2Cl)no1. The van der Waals surface area contributed by atoms with Gasteiger partial charge in [-0.1, -0.05) is 59.2 Å². The Morgan fingerprint density at radius 3 is 2.55 bits per heavy atom. The lowest BCUT2D eigenvalue weighted by Gasteiger charge is -2.09. The van der Waals surface area contributed by atoms with Crippen molar-refractivity contribution in [1.82, 2.24) is 19.9 Å². The number of nitrogens with one attached hydrogen (secondary N) is 1. The molecule has 0 bridgehead atoms. The van der Waals surface area contributed by atoms with E-state index in [1.54, 1.807) is 24.6 Å². The normalized spacial score (nSPS) is 10.9. The van der Waals surface area contributed by atoms with Gasteiger partial charge in [-0.2, -0.15) is 10.1 Å². The molecular weight excluding hydrogens is 390 g/mol. The second-order valence-corrected chi connectivity index (χ2v) is 6.89. The van der Waals surface area contributed by atoms with Gasteiger partial charge in [0.05, 0.1) is 23.5 Å². The van der Waals surface area contributed by atoms with Gasteiger partial charge in [0, 0.05) is 12.5 Å². The van der Waals surface area contributed by atoms with E-state index in [0.717, 1.165) is 5.56 Å². The number of carbonyl (C=O) groups is 1. The zero-order valence-electron chi connectivity index (χ0n) is 15.9. The van der Waals surface area contributed by atoms with Crippen LogP contribution in [0, 0.1) is 13.8 Å². The zero-order chi connectivity index (χ0) is 20.4. The largest absolute Gasteiger partial charge is 0.339 e. The maximum absolute atomic E-state index is 13.0. The van der Waals surface area contributed by atoms with Gasteiger partial charge in [0.2, 0.25) is 11.7 Å². The van der Waals surface area contributed by atoms with Gasteiger partial charge < -0.3 is 9.84 Å². The average Bonchev–Trinajstić information content (AvgIpc) is 3.26. The van der Waals surface area contributed by atoms with Gasteiger partial charge in [-0.3, -0.25) is 4.79 Å². The van der Waals surface area contributed by atoms with Crippen LogP contribution in [0.3, 0.4) is 0 Å². The Balaban J connectivity index is 1.62. The first-order chi connectivity index (χ1) is 14.0. The maximum atomic E-state index is 13.0. The standard InChI is InChI=1S/C21H18ClN5O2/c1-13-18(19(22)27(25-13)12-15-8-4-3-5-9-15)21(28)24-17-11-7-6-10-16(17)20-23-14(2)29-26-20/h3-11H,12H2,1-2H3,(H,24,28). The second kappa shape index (κ2) is 7.89. The highest BCUT2D eigenvalue weighted by Gasteiger charge is 2.22. The van der Waals surface area contributed by atoms with Crippen LogP contribution in [0.4, 0.5) is 5.69 Å². The summed E-state index contributed by atoms with van der Waals surface area (Å²) in [6.07, 6.45) is 0. The number of anilines is 1. The second-order valence-electron chi connectivity index (χ2n) is 6.53. The van der Waals surface area contributed by atoms with Crippen LogP contribution in [0.5, 0.6) is 0 Å². The van der Waals surface area contributed by atoms with Crippen molar-refractivity contribution >= 4 is 23.2 Å². The summed E-state index contributed by atoms with van der Waals surface area (Å²) in [5.41, 5.74) is 3.15. The highest BCUT2D eigenvalue weighted by Crippen LogP contribution is 2.28. The topological polar surface area (TPSA) is 85.8 Å². The molecule has 2 heterocycles. The molecule has 4 rings (SSSR count). The lowest BCUT2D eigenvalue weighted by molar-refractivity contribution is 0.102. The van der Waals surface area contributed by atoms with Gasteiger partial charge in [-0.15, -0.1) is 0 Å². The molecule has 0 atom stereocenters. The number of carbonyl (C=O) groups excluding carboxylic acids is 1. The van der Waals surface area contributed by atoms with Crippen LogP contribution in [-0.4, -0.2) is 25.8 Å². The molecule has 29 heavy (non-hydrogen) atoms. The van der Waals surface area contributed by atoms with Crippen molar-refractivity contribution < 1.29 is 9.32 Å². The van der Waals surface area contributed by atoms with Crippen LogP contribution < -0.4 is 5.32 Å². The van der Waals surface area contributed by atoms with Crippen molar-refractivity contribution in [3.63, 3.8) is 0 Å². The van der Waals surface area contributed by atoms with Crippen LogP contribution in [-0.2, 0) is 6.54 Å². The number of aromatic nitrogens is 4. The summed E-state index contributed by atoms with van der Waals surface area (Å²) in [7, 11) is 0. The zero-order valence-corrected chi connectivity index (χ0v) is 16.6. The summed E-state index contributed by atoms with van der Waals surface area (Å²) in [4.78, 5) is 17.2. The van der Waals surface area contributed by atoms with Crippen LogP contribution in [0.1, 0.15) is 27.5 Å². The first kappa shape index (κ1) is 18.9. The van der Waals surface area contributed by atoms with E-state index in [9.17, 15) is 4.79 Å². The summed E-state index contributed by atoms with van der Waals surface area (Å²) in [6, 6.07) is 17.1. The molecule has 0 radical (unpaired) electrons. The Bertz CT molecular complexity index is 1170. The van der Waals surface area contributed by atoms with E-state index in [4.69, 9.17) is 16.1 Å². The van der Waals surface area contributed by atoms with Crippen LogP contribution in [0.25, 0.3) is 11.4 Å². The summed E-state index contributed by atoms with van der Waals surface area (Å²) in [5.74, 6) is 0.502. The van der Waals surface area contributed by atoms with Gasteiger partial charge in [0.1, 0.15) is 5.15 Å². The summed E-state index contributed by atoms with van der Waals surface area (Å²) < 4.78 is 6.67. The number of amides is 1. The number of benzene rings is 2. The highest BCUT2D eigenvalue weighted by molar-refractivity contribution is 6.33. The summed E-state index contributed by atoms with van der Waals surface area (Å²) in [5, 5.41) is 11.6. The molecule has 2 aromatic heterocycles. The Labute approximate surface area is 172 Å². The molecule has 0 aliphatic carbocycles. The van der Waals surface area contributed by atoms with Gasteiger partial charge in [0.15, 0.2) is 0 Å². The Morgan fingerprint density at radius 2 is 1.83 bits per heavy atom. The average molecular weight is 408 g/mol. The number of rotatable bonds is 5. The van der Waals surface area contributed by atoms with E-state index in [0.29, 0.717) is 40.8 Å². The van der Waals surface area contributed by atoms with Crippen LogP contribution >= 0.6 is 11.6 Å². The monoisotopic (exact) mass is 407 g/mol. The van der Waals surface area contributed by atoms with Gasteiger partial charge in [-0.05, 0) is 24.6 Å². The van der Waals surface area contributed by atoms with Crippen molar-refractivity contribution in [3.05, 3.63) is 82.5 Å². The highest BCUT2D eigenvalue weighted by atomic mass is 35.5. The molecule has 2 aromatic carbocycles. The third-order valence-corrected chi connectivity index (χ3v) is 4.80. The Morgan fingerprint density at radius 1 is 1.10 bits per heavy atom. The lowest BCUT2D eigenvalue weighted by Crippen LogP contribution is -2.14. The third kappa shape index (κ3) is 3.90.